The maximum Gasteiger partial charge on any atom is 0.258 e. The number of hydrogen-bond acceptors (Lipinski definition) is 6. The summed E-state index contributed by atoms with van der Waals surface area (Å²) in [5, 5.41) is 3.96. The highest BCUT2D eigenvalue weighted by molar-refractivity contribution is 7.18. The van der Waals surface area contributed by atoms with Crippen LogP contribution in [0.4, 0.5) is 0 Å². The fourth-order valence-corrected chi connectivity index (χ4v) is 5.09. The summed E-state index contributed by atoms with van der Waals surface area (Å²) in [7, 11) is 1.63. The van der Waals surface area contributed by atoms with E-state index in [0.717, 1.165) is 34.4 Å². The van der Waals surface area contributed by atoms with Crippen LogP contribution in [-0.2, 0) is 17.6 Å². The molecule has 1 aliphatic rings. The van der Waals surface area contributed by atoms with Crippen LogP contribution < -0.4 is 14.8 Å². The Kier molecular flexibility index (Phi) is 5.94. The number of fused-ring (bicyclic) bond motifs is 3. The Hall–Kier alpha value is -2.67. The molecule has 0 spiro atoms. The molecule has 1 atom stereocenters. The van der Waals surface area contributed by atoms with Gasteiger partial charge in [-0.25, -0.2) is 9.97 Å². The van der Waals surface area contributed by atoms with E-state index in [1.807, 2.05) is 31.2 Å². The molecule has 3 aromatic rings. The SMILES string of the molecule is COc1ccccc1C(C)NC(=O)COc1ncnc2sc3c(c12)CCCCC3. The van der Waals surface area contributed by atoms with Crippen LogP contribution in [0.1, 0.15) is 48.2 Å². The Labute approximate surface area is 174 Å². The van der Waals surface area contributed by atoms with Gasteiger partial charge in [-0.15, -0.1) is 11.3 Å². The lowest BCUT2D eigenvalue weighted by Crippen LogP contribution is -2.31. The molecule has 2 heterocycles. The van der Waals surface area contributed by atoms with E-state index in [0.29, 0.717) is 5.88 Å². The summed E-state index contributed by atoms with van der Waals surface area (Å²) in [5.41, 5.74) is 2.23. The number of amides is 1. The van der Waals surface area contributed by atoms with Gasteiger partial charge in [-0.2, -0.15) is 0 Å². The van der Waals surface area contributed by atoms with Crippen LogP contribution >= 0.6 is 11.3 Å². The minimum atomic E-state index is -0.198. The third kappa shape index (κ3) is 4.19. The third-order valence-electron chi connectivity index (χ3n) is 5.29. The number of thiophene rings is 1. The zero-order chi connectivity index (χ0) is 20.2. The van der Waals surface area contributed by atoms with Gasteiger partial charge in [-0.1, -0.05) is 24.6 Å². The van der Waals surface area contributed by atoms with Crippen molar-refractivity contribution in [3.8, 4) is 11.6 Å². The third-order valence-corrected chi connectivity index (χ3v) is 6.49. The molecule has 152 valence electrons. The molecular weight excluding hydrogens is 386 g/mol. The highest BCUT2D eigenvalue weighted by Crippen LogP contribution is 2.38. The Bertz CT molecular complexity index is 1020. The van der Waals surface area contributed by atoms with Crippen molar-refractivity contribution in [2.45, 2.75) is 45.1 Å². The summed E-state index contributed by atoms with van der Waals surface area (Å²) in [6.07, 6.45) is 7.26. The van der Waals surface area contributed by atoms with Crippen LogP contribution in [0.3, 0.4) is 0 Å². The molecule has 1 aliphatic carbocycles. The molecule has 0 saturated heterocycles. The molecule has 1 N–H and O–H groups in total. The lowest BCUT2D eigenvalue weighted by atomic mass is 10.1. The number of aromatic nitrogens is 2. The van der Waals surface area contributed by atoms with Crippen molar-refractivity contribution in [3.05, 3.63) is 46.6 Å². The standard InChI is InChI=1S/C22H25N3O3S/c1-14(15-8-6-7-10-17(15)27-2)25-19(26)12-28-21-20-16-9-4-3-5-11-18(16)29-22(20)24-13-23-21/h6-8,10,13-14H,3-5,9,11-12H2,1-2H3,(H,25,26). The average Bonchev–Trinajstić information content (AvgIpc) is 2.94. The number of aryl methyl sites for hydroxylation is 2. The van der Waals surface area contributed by atoms with E-state index in [2.05, 4.69) is 15.3 Å². The smallest absolute Gasteiger partial charge is 0.258 e. The molecule has 1 amide bonds. The number of ether oxygens (including phenoxy) is 2. The van der Waals surface area contributed by atoms with E-state index in [1.54, 1.807) is 18.4 Å². The Morgan fingerprint density at radius 2 is 2.03 bits per heavy atom. The predicted molar refractivity (Wildman–Crippen MR) is 114 cm³/mol. The molecule has 0 bridgehead atoms. The van der Waals surface area contributed by atoms with Gasteiger partial charge < -0.3 is 14.8 Å². The Morgan fingerprint density at radius 3 is 2.90 bits per heavy atom. The number of carbonyl (C=O) groups is 1. The van der Waals surface area contributed by atoms with Gasteiger partial charge in [0.15, 0.2) is 6.61 Å². The van der Waals surface area contributed by atoms with Gasteiger partial charge in [-0.05, 0) is 44.2 Å². The number of para-hydroxylation sites is 1. The van der Waals surface area contributed by atoms with Gasteiger partial charge in [0.25, 0.3) is 5.91 Å². The second-order valence-electron chi connectivity index (χ2n) is 7.24. The van der Waals surface area contributed by atoms with Crippen molar-refractivity contribution < 1.29 is 14.3 Å². The molecule has 2 aromatic heterocycles. The Balaban J connectivity index is 1.47. The fourth-order valence-electron chi connectivity index (χ4n) is 3.87. The van der Waals surface area contributed by atoms with Crippen LogP contribution in [0.25, 0.3) is 10.2 Å². The number of nitrogens with one attached hydrogen (secondary N) is 1. The van der Waals surface area contributed by atoms with Crippen LogP contribution in [0, 0.1) is 0 Å². The normalized spacial score (nSPS) is 14.7. The summed E-state index contributed by atoms with van der Waals surface area (Å²) in [6, 6.07) is 7.47. The molecule has 0 radical (unpaired) electrons. The lowest BCUT2D eigenvalue weighted by molar-refractivity contribution is -0.123. The molecule has 1 aromatic carbocycles. The molecule has 0 aliphatic heterocycles. The van der Waals surface area contributed by atoms with Crippen molar-refractivity contribution >= 4 is 27.5 Å². The number of hydrogen-bond donors (Lipinski definition) is 1. The fraction of sp³-hybridized carbons (Fsp3) is 0.409. The largest absolute Gasteiger partial charge is 0.496 e. The first-order valence-electron chi connectivity index (χ1n) is 9.97. The van der Waals surface area contributed by atoms with Crippen LogP contribution in [0.15, 0.2) is 30.6 Å². The minimum Gasteiger partial charge on any atom is -0.496 e. The molecule has 4 rings (SSSR count). The summed E-state index contributed by atoms with van der Waals surface area (Å²) in [4.78, 5) is 23.6. The highest BCUT2D eigenvalue weighted by Gasteiger charge is 2.21. The molecule has 6 nitrogen and oxygen atoms in total. The first kappa shape index (κ1) is 19.6. The number of nitrogens with zero attached hydrogens (tertiary/aromatic N) is 2. The summed E-state index contributed by atoms with van der Waals surface area (Å²) >= 11 is 1.73. The van der Waals surface area contributed by atoms with Crippen molar-refractivity contribution in [2.75, 3.05) is 13.7 Å². The van der Waals surface area contributed by atoms with Gasteiger partial charge in [0, 0.05) is 10.4 Å². The molecule has 1 unspecified atom stereocenters. The van der Waals surface area contributed by atoms with E-state index in [4.69, 9.17) is 9.47 Å². The molecular formula is C22H25N3O3S. The quantitative estimate of drug-likeness (QED) is 0.615. The molecule has 0 fully saturated rings. The van der Waals surface area contributed by atoms with Gasteiger partial charge >= 0.3 is 0 Å². The average molecular weight is 412 g/mol. The van der Waals surface area contributed by atoms with Crippen molar-refractivity contribution in [3.63, 3.8) is 0 Å². The van der Waals surface area contributed by atoms with Gasteiger partial charge in [0.1, 0.15) is 16.9 Å². The molecule has 7 heteroatoms. The topological polar surface area (TPSA) is 73.3 Å². The first-order chi connectivity index (χ1) is 14.2. The maximum absolute atomic E-state index is 12.5. The second-order valence-corrected chi connectivity index (χ2v) is 8.33. The van der Waals surface area contributed by atoms with E-state index in [9.17, 15) is 4.79 Å². The van der Waals surface area contributed by atoms with E-state index in [-0.39, 0.29) is 18.6 Å². The zero-order valence-electron chi connectivity index (χ0n) is 16.7. The minimum absolute atomic E-state index is 0.0871. The van der Waals surface area contributed by atoms with Crippen molar-refractivity contribution in [1.82, 2.24) is 15.3 Å². The van der Waals surface area contributed by atoms with Crippen molar-refractivity contribution in [2.24, 2.45) is 0 Å². The van der Waals surface area contributed by atoms with E-state index < -0.39 is 0 Å². The number of rotatable bonds is 6. The van der Waals surface area contributed by atoms with Crippen molar-refractivity contribution in [1.29, 1.82) is 0 Å². The predicted octanol–water partition coefficient (Wildman–Crippen LogP) is 4.23. The van der Waals surface area contributed by atoms with Crippen LogP contribution in [0.5, 0.6) is 11.6 Å². The van der Waals surface area contributed by atoms with Crippen LogP contribution in [0.2, 0.25) is 0 Å². The van der Waals surface area contributed by atoms with Gasteiger partial charge in [-0.3, -0.25) is 4.79 Å². The number of methoxy groups -OCH3 is 1. The van der Waals surface area contributed by atoms with Gasteiger partial charge in [0.2, 0.25) is 5.88 Å². The number of carbonyl (C=O) groups excluding carboxylic acids is 1. The highest BCUT2D eigenvalue weighted by atomic mass is 32.1. The first-order valence-corrected chi connectivity index (χ1v) is 10.8. The van der Waals surface area contributed by atoms with E-state index in [1.165, 1.54) is 36.0 Å². The summed E-state index contributed by atoms with van der Waals surface area (Å²) in [5.74, 6) is 1.06. The number of benzene rings is 1. The lowest BCUT2D eigenvalue weighted by Gasteiger charge is -2.17. The molecule has 0 saturated carbocycles. The summed E-state index contributed by atoms with van der Waals surface area (Å²) < 4.78 is 11.2. The molecule has 29 heavy (non-hydrogen) atoms. The van der Waals surface area contributed by atoms with Crippen LogP contribution in [-0.4, -0.2) is 29.6 Å². The van der Waals surface area contributed by atoms with E-state index >= 15 is 0 Å². The Morgan fingerprint density at radius 1 is 1.21 bits per heavy atom. The zero-order valence-corrected chi connectivity index (χ0v) is 17.6. The van der Waals surface area contributed by atoms with Gasteiger partial charge in [0.05, 0.1) is 18.5 Å². The maximum atomic E-state index is 12.5. The monoisotopic (exact) mass is 411 g/mol. The summed E-state index contributed by atoms with van der Waals surface area (Å²) in [6.45, 7) is 1.84. The second kappa shape index (κ2) is 8.78.